The number of nitrogens with zero attached hydrogens (tertiary/aromatic N) is 1. The Bertz CT molecular complexity index is 258. The fraction of sp³-hybridized carbons (Fsp3) is 0.929. The second-order valence-electron chi connectivity index (χ2n) is 4.95. The van der Waals surface area contributed by atoms with Crippen molar-refractivity contribution < 1.29 is 14.3 Å². The number of hydrogen-bond donors (Lipinski definition) is 2. The lowest BCUT2D eigenvalue weighted by Crippen LogP contribution is -2.44. The minimum absolute atomic E-state index is 0.0400. The molecule has 6 heteroatoms. The van der Waals surface area contributed by atoms with Crippen molar-refractivity contribution in [2.24, 2.45) is 0 Å². The van der Waals surface area contributed by atoms with Crippen LogP contribution in [0.25, 0.3) is 0 Å². The Kier molecular flexibility index (Phi) is 9.57. The van der Waals surface area contributed by atoms with E-state index in [4.69, 9.17) is 9.47 Å². The molecule has 1 fully saturated rings. The van der Waals surface area contributed by atoms with Gasteiger partial charge in [0.15, 0.2) is 0 Å². The van der Waals surface area contributed by atoms with Crippen molar-refractivity contribution in [3.05, 3.63) is 0 Å². The van der Waals surface area contributed by atoms with Gasteiger partial charge in [0, 0.05) is 39.3 Å². The Hall–Kier alpha value is -0.690. The highest BCUT2D eigenvalue weighted by molar-refractivity contribution is 5.80. The number of piperazine rings is 1. The number of carbonyl (C=O) groups is 1. The highest BCUT2D eigenvalue weighted by Crippen LogP contribution is 1.95. The van der Waals surface area contributed by atoms with Crippen LogP contribution in [-0.4, -0.2) is 76.0 Å². The lowest BCUT2D eigenvalue weighted by molar-refractivity contribution is -0.132. The average Bonchev–Trinajstić information content (AvgIpc) is 2.48. The van der Waals surface area contributed by atoms with Crippen LogP contribution in [0.5, 0.6) is 0 Å². The van der Waals surface area contributed by atoms with E-state index in [1.54, 1.807) is 6.92 Å². The van der Waals surface area contributed by atoms with Crippen molar-refractivity contribution in [1.29, 1.82) is 0 Å². The first-order valence-corrected chi connectivity index (χ1v) is 7.64. The molecule has 1 atom stereocenters. The first kappa shape index (κ1) is 17.4. The van der Waals surface area contributed by atoms with E-state index in [1.807, 2.05) is 6.92 Å². The molecular weight excluding hydrogens is 258 g/mol. The topological polar surface area (TPSA) is 62.8 Å². The molecule has 0 radical (unpaired) electrons. The van der Waals surface area contributed by atoms with Crippen molar-refractivity contribution in [1.82, 2.24) is 15.5 Å². The lowest BCUT2D eigenvalue weighted by atomic mass is 10.3. The third-order valence-electron chi connectivity index (χ3n) is 3.33. The maximum atomic E-state index is 11.8. The van der Waals surface area contributed by atoms with Crippen LogP contribution in [0, 0.1) is 0 Å². The highest BCUT2D eigenvalue weighted by Gasteiger charge is 2.13. The summed E-state index contributed by atoms with van der Waals surface area (Å²) in [5, 5.41) is 6.24. The Morgan fingerprint density at radius 2 is 2.10 bits per heavy atom. The number of amides is 1. The fourth-order valence-corrected chi connectivity index (χ4v) is 2.10. The zero-order chi connectivity index (χ0) is 14.6. The summed E-state index contributed by atoms with van der Waals surface area (Å²) in [6.45, 7) is 11.5. The van der Waals surface area contributed by atoms with E-state index in [0.717, 1.165) is 39.1 Å². The van der Waals surface area contributed by atoms with E-state index in [-0.39, 0.29) is 5.91 Å². The van der Waals surface area contributed by atoms with Gasteiger partial charge in [-0.05, 0) is 26.8 Å². The zero-order valence-electron chi connectivity index (χ0n) is 12.8. The first-order valence-electron chi connectivity index (χ1n) is 7.64. The third-order valence-corrected chi connectivity index (χ3v) is 3.33. The molecule has 2 N–H and O–H groups in total. The molecule has 1 unspecified atom stereocenters. The molecule has 0 aliphatic carbocycles. The van der Waals surface area contributed by atoms with Gasteiger partial charge in [-0.2, -0.15) is 0 Å². The lowest BCUT2D eigenvalue weighted by Gasteiger charge is -2.27. The Labute approximate surface area is 122 Å². The van der Waals surface area contributed by atoms with Gasteiger partial charge >= 0.3 is 0 Å². The van der Waals surface area contributed by atoms with E-state index in [9.17, 15) is 4.79 Å². The molecule has 0 aromatic heterocycles. The minimum atomic E-state index is -0.408. The first-order chi connectivity index (χ1) is 9.74. The Morgan fingerprint density at radius 1 is 1.35 bits per heavy atom. The van der Waals surface area contributed by atoms with Gasteiger partial charge in [0.1, 0.15) is 6.10 Å². The highest BCUT2D eigenvalue weighted by atomic mass is 16.5. The normalized spacial score (nSPS) is 17.9. The number of rotatable bonds is 10. The molecule has 0 bridgehead atoms. The summed E-state index contributed by atoms with van der Waals surface area (Å²) < 4.78 is 10.6. The maximum Gasteiger partial charge on any atom is 0.248 e. The van der Waals surface area contributed by atoms with E-state index in [0.29, 0.717) is 26.4 Å². The van der Waals surface area contributed by atoms with Gasteiger partial charge < -0.3 is 25.0 Å². The molecule has 118 valence electrons. The van der Waals surface area contributed by atoms with Gasteiger partial charge in [-0.3, -0.25) is 4.79 Å². The Morgan fingerprint density at radius 3 is 2.80 bits per heavy atom. The monoisotopic (exact) mass is 287 g/mol. The molecule has 1 heterocycles. The molecule has 0 saturated carbocycles. The van der Waals surface area contributed by atoms with E-state index in [1.165, 1.54) is 0 Å². The summed E-state index contributed by atoms with van der Waals surface area (Å²) in [6.07, 6.45) is 0.576. The molecule has 1 amide bonds. The summed E-state index contributed by atoms with van der Waals surface area (Å²) in [4.78, 5) is 14.2. The number of carbonyl (C=O) groups excluding carboxylic acids is 1. The Balaban J connectivity index is 1.98. The third kappa shape index (κ3) is 7.79. The summed E-state index contributed by atoms with van der Waals surface area (Å²) in [5.41, 5.74) is 0. The zero-order valence-corrected chi connectivity index (χ0v) is 12.8. The molecular formula is C14H29N3O3. The van der Waals surface area contributed by atoms with Crippen molar-refractivity contribution in [2.45, 2.75) is 26.4 Å². The van der Waals surface area contributed by atoms with Crippen LogP contribution in [0.4, 0.5) is 0 Å². The number of nitrogens with one attached hydrogen (secondary N) is 2. The van der Waals surface area contributed by atoms with Crippen molar-refractivity contribution >= 4 is 5.91 Å². The SMILES string of the molecule is CCOCCOC(C)C(=O)NCCCN1CCNCC1. The van der Waals surface area contributed by atoms with Gasteiger partial charge in [-0.1, -0.05) is 0 Å². The molecule has 1 saturated heterocycles. The van der Waals surface area contributed by atoms with Crippen LogP contribution in [0.15, 0.2) is 0 Å². The molecule has 0 aromatic rings. The largest absolute Gasteiger partial charge is 0.379 e. The molecule has 0 spiro atoms. The van der Waals surface area contributed by atoms with E-state index >= 15 is 0 Å². The van der Waals surface area contributed by atoms with Crippen LogP contribution in [0.3, 0.4) is 0 Å². The van der Waals surface area contributed by atoms with Crippen molar-refractivity contribution in [3.8, 4) is 0 Å². The van der Waals surface area contributed by atoms with Crippen LogP contribution >= 0.6 is 0 Å². The van der Waals surface area contributed by atoms with Crippen molar-refractivity contribution in [3.63, 3.8) is 0 Å². The molecule has 0 aromatic carbocycles. The smallest absolute Gasteiger partial charge is 0.248 e. The molecule has 1 rings (SSSR count). The quantitative estimate of drug-likeness (QED) is 0.547. The number of hydrogen-bond acceptors (Lipinski definition) is 5. The van der Waals surface area contributed by atoms with Crippen LogP contribution in [0.1, 0.15) is 20.3 Å². The average molecular weight is 287 g/mol. The van der Waals surface area contributed by atoms with Crippen LogP contribution in [-0.2, 0) is 14.3 Å². The van der Waals surface area contributed by atoms with Crippen LogP contribution < -0.4 is 10.6 Å². The van der Waals surface area contributed by atoms with E-state index < -0.39 is 6.10 Å². The maximum absolute atomic E-state index is 11.8. The predicted molar refractivity (Wildman–Crippen MR) is 78.8 cm³/mol. The second-order valence-corrected chi connectivity index (χ2v) is 4.95. The summed E-state index contributed by atoms with van der Waals surface area (Å²) in [7, 11) is 0. The minimum Gasteiger partial charge on any atom is -0.379 e. The summed E-state index contributed by atoms with van der Waals surface area (Å²) in [6, 6.07) is 0. The molecule has 1 aliphatic rings. The summed E-state index contributed by atoms with van der Waals surface area (Å²) >= 11 is 0. The van der Waals surface area contributed by atoms with Gasteiger partial charge in [-0.25, -0.2) is 0 Å². The fourth-order valence-electron chi connectivity index (χ4n) is 2.10. The molecule has 20 heavy (non-hydrogen) atoms. The molecule has 6 nitrogen and oxygen atoms in total. The van der Waals surface area contributed by atoms with Gasteiger partial charge in [0.2, 0.25) is 5.91 Å². The van der Waals surface area contributed by atoms with Gasteiger partial charge in [0.05, 0.1) is 13.2 Å². The summed E-state index contributed by atoms with van der Waals surface area (Å²) in [5.74, 6) is -0.0400. The van der Waals surface area contributed by atoms with Crippen molar-refractivity contribution in [2.75, 3.05) is 59.1 Å². The predicted octanol–water partition coefficient (Wildman–Crippen LogP) is -0.160. The van der Waals surface area contributed by atoms with Crippen LogP contribution in [0.2, 0.25) is 0 Å². The standard InChI is InChI=1S/C14H29N3O3/c1-3-19-11-12-20-13(2)14(18)16-5-4-8-17-9-6-15-7-10-17/h13,15H,3-12H2,1-2H3,(H,16,18). The molecule has 1 aliphatic heterocycles. The van der Waals surface area contributed by atoms with Gasteiger partial charge in [0.25, 0.3) is 0 Å². The number of ether oxygens (including phenoxy) is 2. The van der Waals surface area contributed by atoms with E-state index in [2.05, 4.69) is 15.5 Å². The second kappa shape index (κ2) is 11.0. The van der Waals surface area contributed by atoms with Gasteiger partial charge in [-0.15, -0.1) is 0 Å².